The van der Waals surface area contributed by atoms with Crippen molar-refractivity contribution in [3.05, 3.63) is 0 Å². The Morgan fingerprint density at radius 1 is 1.67 bits per heavy atom. The van der Waals surface area contributed by atoms with Gasteiger partial charge in [0.1, 0.15) is 5.25 Å². The summed E-state index contributed by atoms with van der Waals surface area (Å²) in [4.78, 5) is 11.0. The molecule has 0 aliphatic carbocycles. The molecule has 1 fully saturated rings. The zero-order valence-electron chi connectivity index (χ0n) is 6.99. The smallest absolute Gasteiger partial charge is 0.318 e. The number of rotatable bonds is 1. The average Bonchev–Trinajstić information content (AvgIpc) is 2.03. The first-order chi connectivity index (χ1) is 5.24. The molecule has 5 heteroatoms. The van der Waals surface area contributed by atoms with Gasteiger partial charge in [-0.2, -0.15) is 0 Å². The van der Waals surface area contributed by atoms with E-state index in [1.807, 2.05) is 0 Å². The number of nitrogens with two attached hydrogens (primary N) is 1. The first-order valence-corrected chi connectivity index (χ1v) is 4.74. The Morgan fingerprint density at radius 3 is 2.83 bits per heavy atom. The second-order valence-electron chi connectivity index (χ2n) is 2.67. The van der Waals surface area contributed by atoms with Crippen LogP contribution in [0.3, 0.4) is 0 Å². The molecule has 0 radical (unpaired) electrons. The summed E-state index contributed by atoms with van der Waals surface area (Å²) in [6.07, 6.45) is 1.77. The van der Waals surface area contributed by atoms with Crippen molar-refractivity contribution in [1.29, 1.82) is 0 Å². The van der Waals surface area contributed by atoms with Gasteiger partial charge in [-0.25, -0.2) is 0 Å². The fraction of sp³-hybridized carbons (Fsp3) is 0.857. The van der Waals surface area contributed by atoms with Gasteiger partial charge in [-0.1, -0.05) is 0 Å². The lowest BCUT2D eigenvalue weighted by Crippen LogP contribution is -2.34. The van der Waals surface area contributed by atoms with Crippen LogP contribution >= 0.6 is 24.2 Å². The Bertz CT molecular complexity index is 156. The van der Waals surface area contributed by atoms with Crippen molar-refractivity contribution in [3.63, 3.8) is 0 Å². The molecule has 1 rings (SSSR count). The van der Waals surface area contributed by atoms with E-state index in [1.165, 1.54) is 7.11 Å². The summed E-state index contributed by atoms with van der Waals surface area (Å²) in [5.74, 6) is 0.839. The first kappa shape index (κ1) is 12.1. The van der Waals surface area contributed by atoms with E-state index in [9.17, 15) is 4.79 Å². The standard InChI is InChI=1S/C7H13NO2S.ClH/c1-10-7(9)6-4-5(8)2-3-11-6;/h5-6H,2-4,8H2,1H3;1H. The second kappa shape index (κ2) is 5.67. The van der Waals surface area contributed by atoms with Crippen molar-refractivity contribution in [2.75, 3.05) is 12.9 Å². The van der Waals surface area contributed by atoms with Crippen LogP contribution in [-0.4, -0.2) is 30.1 Å². The van der Waals surface area contributed by atoms with Gasteiger partial charge < -0.3 is 10.5 Å². The average molecular weight is 212 g/mol. The molecule has 12 heavy (non-hydrogen) atoms. The quantitative estimate of drug-likeness (QED) is 0.653. The van der Waals surface area contributed by atoms with Crippen molar-refractivity contribution in [2.45, 2.75) is 24.1 Å². The SMILES string of the molecule is COC(=O)C1CC(N)CCS1.Cl. The van der Waals surface area contributed by atoms with Crippen LogP contribution in [0.25, 0.3) is 0 Å². The molecule has 2 unspecified atom stereocenters. The summed E-state index contributed by atoms with van der Waals surface area (Å²) in [5, 5.41) is -0.0243. The largest absolute Gasteiger partial charge is 0.468 e. The van der Waals surface area contributed by atoms with E-state index in [4.69, 9.17) is 5.73 Å². The number of hydrogen-bond donors (Lipinski definition) is 1. The zero-order valence-corrected chi connectivity index (χ0v) is 8.62. The lowest BCUT2D eigenvalue weighted by molar-refractivity contribution is -0.140. The summed E-state index contributed by atoms with van der Waals surface area (Å²) >= 11 is 1.65. The van der Waals surface area contributed by atoms with E-state index < -0.39 is 0 Å². The van der Waals surface area contributed by atoms with Crippen LogP contribution in [0.15, 0.2) is 0 Å². The molecular weight excluding hydrogens is 198 g/mol. The second-order valence-corrected chi connectivity index (χ2v) is 3.98. The van der Waals surface area contributed by atoms with Gasteiger partial charge in [0, 0.05) is 6.04 Å². The molecule has 0 aromatic heterocycles. The third kappa shape index (κ3) is 3.21. The highest BCUT2D eigenvalue weighted by Crippen LogP contribution is 2.25. The number of thioether (sulfide) groups is 1. The molecule has 1 aliphatic rings. The molecule has 1 heterocycles. The van der Waals surface area contributed by atoms with E-state index in [0.29, 0.717) is 0 Å². The highest BCUT2D eigenvalue weighted by molar-refractivity contribution is 8.00. The molecule has 0 saturated carbocycles. The molecule has 0 aromatic rings. The fourth-order valence-electron chi connectivity index (χ4n) is 1.12. The predicted molar refractivity (Wildman–Crippen MR) is 52.7 cm³/mol. The number of carbonyl (C=O) groups excluding carboxylic acids is 1. The minimum atomic E-state index is -0.134. The van der Waals surface area contributed by atoms with Gasteiger partial charge in [0.05, 0.1) is 7.11 Å². The van der Waals surface area contributed by atoms with Gasteiger partial charge in [0.2, 0.25) is 0 Å². The van der Waals surface area contributed by atoms with Crippen LogP contribution in [-0.2, 0) is 9.53 Å². The van der Waals surface area contributed by atoms with E-state index in [0.717, 1.165) is 18.6 Å². The molecule has 0 spiro atoms. The number of halogens is 1. The monoisotopic (exact) mass is 211 g/mol. The highest BCUT2D eigenvalue weighted by atomic mass is 35.5. The van der Waals surface area contributed by atoms with Gasteiger partial charge in [0.15, 0.2) is 0 Å². The van der Waals surface area contributed by atoms with Crippen molar-refractivity contribution < 1.29 is 9.53 Å². The Balaban J connectivity index is 0.00000121. The van der Waals surface area contributed by atoms with Gasteiger partial charge in [0.25, 0.3) is 0 Å². The maximum Gasteiger partial charge on any atom is 0.318 e. The van der Waals surface area contributed by atoms with Crippen LogP contribution in [0.5, 0.6) is 0 Å². The van der Waals surface area contributed by atoms with Crippen LogP contribution in [0.4, 0.5) is 0 Å². The number of ether oxygens (including phenoxy) is 1. The Labute approximate surface area is 82.8 Å². The normalized spacial score (nSPS) is 28.8. The minimum absolute atomic E-state index is 0. The molecule has 2 atom stereocenters. The van der Waals surface area contributed by atoms with Crippen LogP contribution in [0, 0.1) is 0 Å². The minimum Gasteiger partial charge on any atom is -0.468 e. The van der Waals surface area contributed by atoms with E-state index in [1.54, 1.807) is 11.8 Å². The Morgan fingerprint density at radius 2 is 2.33 bits per heavy atom. The summed E-state index contributed by atoms with van der Waals surface area (Å²) in [6.45, 7) is 0. The number of hydrogen-bond acceptors (Lipinski definition) is 4. The maximum atomic E-state index is 11.0. The zero-order chi connectivity index (χ0) is 8.27. The molecular formula is C7H14ClNO2S. The van der Waals surface area contributed by atoms with E-state index in [-0.39, 0.29) is 29.7 Å². The van der Waals surface area contributed by atoms with Crippen molar-refractivity contribution in [1.82, 2.24) is 0 Å². The Kier molecular flexibility index (Phi) is 5.70. The lowest BCUT2D eigenvalue weighted by atomic mass is 10.1. The van der Waals surface area contributed by atoms with Gasteiger partial charge in [-0.05, 0) is 18.6 Å². The summed E-state index contributed by atoms with van der Waals surface area (Å²) in [7, 11) is 1.42. The van der Waals surface area contributed by atoms with Gasteiger partial charge in [-0.3, -0.25) is 4.79 Å². The van der Waals surface area contributed by atoms with Crippen molar-refractivity contribution in [2.24, 2.45) is 5.73 Å². The van der Waals surface area contributed by atoms with Crippen LogP contribution in [0.1, 0.15) is 12.8 Å². The van der Waals surface area contributed by atoms with Gasteiger partial charge >= 0.3 is 5.97 Å². The molecule has 72 valence electrons. The third-order valence-electron chi connectivity index (χ3n) is 1.79. The van der Waals surface area contributed by atoms with Crippen molar-refractivity contribution in [3.8, 4) is 0 Å². The first-order valence-electron chi connectivity index (χ1n) is 3.69. The molecule has 0 bridgehead atoms. The number of esters is 1. The molecule has 2 N–H and O–H groups in total. The number of carbonyl (C=O) groups is 1. The molecule has 0 amide bonds. The molecule has 3 nitrogen and oxygen atoms in total. The topological polar surface area (TPSA) is 52.3 Å². The van der Waals surface area contributed by atoms with Crippen LogP contribution in [0.2, 0.25) is 0 Å². The van der Waals surface area contributed by atoms with E-state index in [2.05, 4.69) is 4.74 Å². The molecule has 1 aliphatic heterocycles. The third-order valence-corrected chi connectivity index (χ3v) is 3.05. The predicted octanol–water partition coefficient (Wildman–Crippen LogP) is 0.804. The Hall–Kier alpha value is 0.0700. The van der Waals surface area contributed by atoms with Crippen molar-refractivity contribution >= 4 is 30.1 Å². The summed E-state index contributed by atoms with van der Waals surface area (Å²) < 4.78 is 4.62. The molecule has 0 aromatic carbocycles. The van der Waals surface area contributed by atoms with Gasteiger partial charge in [-0.15, -0.1) is 24.2 Å². The fourth-order valence-corrected chi connectivity index (χ4v) is 2.46. The van der Waals surface area contributed by atoms with E-state index >= 15 is 0 Å². The number of methoxy groups -OCH3 is 1. The highest BCUT2D eigenvalue weighted by Gasteiger charge is 2.26. The van der Waals surface area contributed by atoms with Crippen LogP contribution < -0.4 is 5.73 Å². The molecule has 1 saturated heterocycles. The maximum absolute atomic E-state index is 11.0. The summed E-state index contributed by atoms with van der Waals surface area (Å²) in [6, 6.07) is 0.181. The lowest BCUT2D eigenvalue weighted by Gasteiger charge is -2.23. The summed E-state index contributed by atoms with van der Waals surface area (Å²) in [5.41, 5.74) is 5.70.